The van der Waals surface area contributed by atoms with Crippen molar-refractivity contribution in [2.45, 2.75) is 115 Å². The third-order valence-electron chi connectivity index (χ3n) is 5.60. The normalized spacial score (nSPS) is 25.6. The van der Waals surface area contributed by atoms with E-state index in [1.807, 2.05) is 6.92 Å². The summed E-state index contributed by atoms with van der Waals surface area (Å²) in [6, 6.07) is 0. The number of aliphatic hydroxyl groups excluding tert-OH is 3. The Morgan fingerprint density at radius 1 is 0.824 bits per heavy atom. The maximum Gasteiger partial charge on any atom is 0.305 e. The molecule has 1 aliphatic rings. The van der Waals surface area contributed by atoms with Gasteiger partial charge in [-0.3, -0.25) is 4.79 Å². The van der Waals surface area contributed by atoms with Gasteiger partial charge in [-0.25, -0.2) is 0 Å². The van der Waals surface area contributed by atoms with E-state index in [0.717, 1.165) is 64.2 Å². The molecule has 7 heteroatoms. The molecule has 0 radical (unpaired) electrons. The molecule has 0 aromatic rings. The summed E-state index contributed by atoms with van der Waals surface area (Å²) < 4.78 is 16.1. The molecule has 1 heterocycles. The highest BCUT2D eigenvalue weighted by molar-refractivity contribution is 5.69. The standard InChI is InChI=1S/C27H46O7/c1-3-5-6-7-8-9-10-11-12-13-14-15-16-17-18-19-23(28)33-21-22-24(29)25(30)26(31)27(34-22)32-20-4-2/h5-6,8-9,11-12,22,24-27,29-31H,3-4,7,10,13-21H2,1-2H3/t22-,24-,25+,26-,27+/m1/s1. The van der Waals surface area contributed by atoms with E-state index in [1.165, 1.54) is 0 Å². The molecule has 196 valence electrons. The number of hydrogen-bond donors (Lipinski definition) is 3. The molecule has 0 aliphatic carbocycles. The topological polar surface area (TPSA) is 105 Å². The van der Waals surface area contributed by atoms with Crippen molar-refractivity contribution in [3.63, 3.8) is 0 Å². The summed E-state index contributed by atoms with van der Waals surface area (Å²) >= 11 is 0. The zero-order valence-corrected chi connectivity index (χ0v) is 21.0. The zero-order chi connectivity index (χ0) is 25.0. The fourth-order valence-electron chi connectivity index (χ4n) is 3.56. The van der Waals surface area contributed by atoms with Crippen LogP contribution in [-0.4, -0.2) is 65.2 Å². The number of aliphatic hydroxyl groups is 3. The van der Waals surface area contributed by atoms with E-state index in [1.54, 1.807) is 0 Å². The van der Waals surface area contributed by atoms with Crippen molar-refractivity contribution < 1.29 is 34.3 Å². The SMILES string of the molecule is CCC=CCC=CCC=CCCCCCCCC(=O)OC[C@H]1O[C@H](OCCC)[C@H](O)[C@@H](O)[C@@H]1O. The molecule has 1 fully saturated rings. The van der Waals surface area contributed by atoms with Crippen molar-refractivity contribution in [1.82, 2.24) is 0 Å². The summed E-state index contributed by atoms with van der Waals surface area (Å²) in [6.45, 7) is 4.21. The van der Waals surface area contributed by atoms with Crippen LogP contribution >= 0.6 is 0 Å². The lowest BCUT2D eigenvalue weighted by Crippen LogP contribution is -2.59. The molecule has 7 nitrogen and oxygen atoms in total. The van der Waals surface area contributed by atoms with Crippen LogP contribution in [0.3, 0.4) is 0 Å². The molecule has 0 unspecified atom stereocenters. The van der Waals surface area contributed by atoms with Gasteiger partial charge in [0, 0.05) is 13.0 Å². The monoisotopic (exact) mass is 482 g/mol. The molecule has 34 heavy (non-hydrogen) atoms. The number of unbranched alkanes of at least 4 members (excludes halogenated alkanes) is 5. The molecule has 1 rings (SSSR count). The van der Waals surface area contributed by atoms with Crippen LogP contribution in [0.2, 0.25) is 0 Å². The molecule has 3 N–H and O–H groups in total. The summed E-state index contributed by atoms with van der Waals surface area (Å²) in [6.07, 6.45) is 17.4. The Morgan fingerprint density at radius 3 is 2.18 bits per heavy atom. The predicted molar refractivity (Wildman–Crippen MR) is 133 cm³/mol. The van der Waals surface area contributed by atoms with E-state index in [4.69, 9.17) is 14.2 Å². The van der Waals surface area contributed by atoms with E-state index in [-0.39, 0.29) is 12.6 Å². The van der Waals surface area contributed by atoms with E-state index in [2.05, 4.69) is 43.4 Å². The minimum Gasteiger partial charge on any atom is -0.463 e. The lowest BCUT2D eigenvalue weighted by Gasteiger charge is -2.39. The van der Waals surface area contributed by atoms with Crippen LogP contribution in [0.1, 0.15) is 84.5 Å². The molecule has 1 aliphatic heterocycles. The fourth-order valence-corrected chi connectivity index (χ4v) is 3.56. The number of carbonyl (C=O) groups is 1. The van der Waals surface area contributed by atoms with Crippen molar-refractivity contribution >= 4 is 5.97 Å². The van der Waals surface area contributed by atoms with Crippen LogP contribution in [-0.2, 0) is 19.0 Å². The second-order valence-electron chi connectivity index (χ2n) is 8.67. The third kappa shape index (κ3) is 13.4. The minimum absolute atomic E-state index is 0.188. The largest absolute Gasteiger partial charge is 0.463 e. The lowest BCUT2D eigenvalue weighted by molar-refractivity contribution is -0.301. The molecule has 0 aromatic carbocycles. The molecule has 0 aromatic heterocycles. The Hall–Kier alpha value is -1.51. The van der Waals surface area contributed by atoms with E-state index >= 15 is 0 Å². The Bertz CT molecular complexity index is 602. The first-order valence-electron chi connectivity index (χ1n) is 12.9. The molecule has 0 saturated carbocycles. The quantitative estimate of drug-likeness (QED) is 0.151. The highest BCUT2D eigenvalue weighted by atomic mass is 16.7. The summed E-state index contributed by atoms with van der Waals surface area (Å²) in [5.74, 6) is -0.358. The van der Waals surface area contributed by atoms with Gasteiger partial charge in [-0.15, -0.1) is 0 Å². The van der Waals surface area contributed by atoms with Gasteiger partial charge in [0.05, 0.1) is 0 Å². The second kappa shape index (κ2) is 19.8. The van der Waals surface area contributed by atoms with Crippen molar-refractivity contribution in [1.29, 1.82) is 0 Å². The van der Waals surface area contributed by atoms with Crippen molar-refractivity contribution in [3.05, 3.63) is 36.5 Å². The van der Waals surface area contributed by atoms with E-state index < -0.39 is 30.7 Å². The zero-order valence-electron chi connectivity index (χ0n) is 21.0. The molecule has 5 atom stereocenters. The number of rotatable bonds is 18. The summed E-state index contributed by atoms with van der Waals surface area (Å²) in [5.41, 5.74) is 0. The molecule has 0 bridgehead atoms. The van der Waals surface area contributed by atoms with Gasteiger partial charge in [-0.1, -0.05) is 69.6 Å². The maximum absolute atomic E-state index is 12.0. The number of carbonyl (C=O) groups excluding carboxylic acids is 1. The number of esters is 1. The van der Waals surface area contributed by atoms with Crippen LogP contribution in [0, 0.1) is 0 Å². The summed E-state index contributed by atoms with van der Waals surface area (Å²) in [7, 11) is 0. The summed E-state index contributed by atoms with van der Waals surface area (Å²) in [4.78, 5) is 12.0. The van der Waals surface area contributed by atoms with Crippen LogP contribution < -0.4 is 0 Å². The van der Waals surface area contributed by atoms with E-state index in [0.29, 0.717) is 13.0 Å². The third-order valence-corrected chi connectivity index (χ3v) is 5.60. The van der Waals surface area contributed by atoms with Gasteiger partial charge in [0.25, 0.3) is 0 Å². The Labute approximate surface area is 205 Å². The van der Waals surface area contributed by atoms with Crippen molar-refractivity contribution in [2.75, 3.05) is 13.2 Å². The molecule has 0 spiro atoms. The van der Waals surface area contributed by atoms with Crippen LogP contribution in [0.4, 0.5) is 0 Å². The predicted octanol–water partition coefficient (Wildman–Crippen LogP) is 4.35. The average molecular weight is 483 g/mol. The Balaban J connectivity index is 2.07. The van der Waals surface area contributed by atoms with Gasteiger partial charge in [0.2, 0.25) is 0 Å². The smallest absolute Gasteiger partial charge is 0.305 e. The molecule has 0 amide bonds. The van der Waals surface area contributed by atoms with Crippen molar-refractivity contribution in [2.24, 2.45) is 0 Å². The van der Waals surface area contributed by atoms with Gasteiger partial charge in [0.1, 0.15) is 31.0 Å². The van der Waals surface area contributed by atoms with Gasteiger partial charge >= 0.3 is 5.97 Å². The molecular formula is C27H46O7. The fraction of sp³-hybridized carbons (Fsp3) is 0.741. The van der Waals surface area contributed by atoms with E-state index in [9.17, 15) is 20.1 Å². The number of hydrogen-bond acceptors (Lipinski definition) is 7. The van der Waals surface area contributed by atoms with Crippen LogP contribution in [0.15, 0.2) is 36.5 Å². The first kappa shape index (κ1) is 30.5. The minimum atomic E-state index is -1.42. The average Bonchev–Trinajstić information content (AvgIpc) is 2.84. The first-order valence-corrected chi connectivity index (χ1v) is 12.9. The first-order chi connectivity index (χ1) is 16.5. The van der Waals surface area contributed by atoms with Gasteiger partial charge in [0.15, 0.2) is 6.29 Å². The highest BCUT2D eigenvalue weighted by Crippen LogP contribution is 2.22. The Kier molecular flexibility index (Phi) is 17.7. The van der Waals surface area contributed by atoms with Crippen LogP contribution in [0.25, 0.3) is 0 Å². The number of ether oxygens (including phenoxy) is 3. The van der Waals surface area contributed by atoms with Gasteiger partial charge in [-0.2, -0.15) is 0 Å². The van der Waals surface area contributed by atoms with Gasteiger partial charge in [-0.05, 0) is 44.9 Å². The second-order valence-corrected chi connectivity index (χ2v) is 8.67. The number of allylic oxidation sites excluding steroid dienone is 6. The maximum atomic E-state index is 12.0. The molecule has 1 saturated heterocycles. The Morgan fingerprint density at radius 2 is 1.47 bits per heavy atom. The van der Waals surface area contributed by atoms with Gasteiger partial charge < -0.3 is 29.5 Å². The summed E-state index contributed by atoms with van der Waals surface area (Å²) in [5, 5.41) is 30.0. The highest BCUT2D eigenvalue weighted by Gasteiger charge is 2.44. The van der Waals surface area contributed by atoms with Crippen molar-refractivity contribution in [3.8, 4) is 0 Å². The molecular weight excluding hydrogens is 436 g/mol. The van der Waals surface area contributed by atoms with Crippen LogP contribution in [0.5, 0.6) is 0 Å². The lowest BCUT2D eigenvalue weighted by atomic mass is 9.99.